The maximum absolute atomic E-state index is 10.6. The van der Waals surface area contributed by atoms with E-state index in [9.17, 15) is 4.79 Å². The fourth-order valence-corrected chi connectivity index (χ4v) is 1.86. The Morgan fingerprint density at radius 2 is 2.28 bits per heavy atom. The average Bonchev–Trinajstić information content (AvgIpc) is 2.45. The molecule has 1 atom stereocenters. The van der Waals surface area contributed by atoms with Crippen molar-refractivity contribution in [1.82, 2.24) is 0 Å². The molecule has 1 heterocycles. The van der Waals surface area contributed by atoms with Gasteiger partial charge in [-0.05, 0) is 31.4 Å². The van der Waals surface area contributed by atoms with E-state index in [1.165, 1.54) is 0 Å². The quantitative estimate of drug-likeness (QED) is 0.574. The molecule has 18 heavy (non-hydrogen) atoms. The fourth-order valence-electron chi connectivity index (χ4n) is 1.86. The minimum Gasteiger partial charge on any atom is -0.491 e. The van der Waals surface area contributed by atoms with Gasteiger partial charge < -0.3 is 14.2 Å². The third-order valence-electron chi connectivity index (χ3n) is 2.79. The number of carbonyl (C=O) groups excluding carboxylic acids is 1. The Kier molecular flexibility index (Phi) is 5.17. The summed E-state index contributed by atoms with van der Waals surface area (Å²) in [5.41, 5.74) is 0.615. The van der Waals surface area contributed by atoms with Gasteiger partial charge in [0.1, 0.15) is 18.6 Å². The van der Waals surface area contributed by atoms with Crippen LogP contribution in [0.4, 0.5) is 0 Å². The molecule has 1 unspecified atom stereocenters. The highest BCUT2D eigenvalue weighted by Crippen LogP contribution is 2.14. The van der Waals surface area contributed by atoms with Gasteiger partial charge in [-0.1, -0.05) is 12.1 Å². The second-order valence-electron chi connectivity index (χ2n) is 4.21. The Hall–Kier alpha value is -1.39. The molecule has 1 aromatic carbocycles. The van der Waals surface area contributed by atoms with Crippen molar-refractivity contribution in [3.8, 4) is 5.75 Å². The van der Waals surface area contributed by atoms with Crippen LogP contribution in [0.2, 0.25) is 0 Å². The van der Waals surface area contributed by atoms with Gasteiger partial charge in [-0.15, -0.1) is 0 Å². The van der Waals surface area contributed by atoms with Crippen molar-refractivity contribution >= 4 is 6.29 Å². The van der Waals surface area contributed by atoms with E-state index >= 15 is 0 Å². The van der Waals surface area contributed by atoms with E-state index in [0.29, 0.717) is 24.5 Å². The van der Waals surface area contributed by atoms with Gasteiger partial charge in [-0.2, -0.15) is 0 Å². The largest absolute Gasteiger partial charge is 0.491 e. The molecule has 0 radical (unpaired) electrons. The summed E-state index contributed by atoms with van der Waals surface area (Å²) in [7, 11) is 0. The highest BCUT2D eigenvalue weighted by Gasteiger charge is 2.13. The molecule has 1 aromatic rings. The van der Waals surface area contributed by atoms with E-state index in [2.05, 4.69) is 0 Å². The van der Waals surface area contributed by atoms with E-state index in [1.54, 1.807) is 18.2 Å². The summed E-state index contributed by atoms with van der Waals surface area (Å²) in [6.07, 6.45) is 3.96. The van der Waals surface area contributed by atoms with Crippen LogP contribution in [0.3, 0.4) is 0 Å². The zero-order valence-corrected chi connectivity index (χ0v) is 10.3. The number of carbonyl (C=O) groups is 1. The molecule has 4 heteroatoms. The number of benzene rings is 1. The second kappa shape index (κ2) is 7.13. The Morgan fingerprint density at radius 1 is 1.33 bits per heavy atom. The molecule has 0 aliphatic carbocycles. The van der Waals surface area contributed by atoms with E-state index < -0.39 is 0 Å². The van der Waals surface area contributed by atoms with Crippen molar-refractivity contribution in [1.29, 1.82) is 0 Å². The molecule has 98 valence electrons. The van der Waals surface area contributed by atoms with Crippen molar-refractivity contribution < 1.29 is 19.0 Å². The highest BCUT2D eigenvalue weighted by atomic mass is 16.7. The van der Waals surface area contributed by atoms with Crippen LogP contribution in [0.15, 0.2) is 24.3 Å². The van der Waals surface area contributed by atoms with E-state index in [0.717, 1.165) is 32.2 Å². The van der Waals surface area contributed by atoms with Gasteiger partial charge in [0.25, 0.3) is 0 Å². The summed E-state index contributed by atoms with van der Waals surface area (Å²) in [5, 5.41) is 0. The third kappa shape index (κ3) is 4.13. The summed E-state index contributed by atoms with van der Waals surface area (Å²) in [5.74, 6) is 0.688. The average molecular weight is 250 g/mol. The van der Waals surface area contributed by atoms with Crippen LogP contribution in [0.1, 0.15) is 29.6 Å². The zero-order valence-electron chi connectivity index (χ0n) is 10.3. The summed E-state index contributed by atoms with van der Waals surface area (Å²) < 4.78 is 16.5. The SMILES string of the molecule is O=Cc1cccc(OCCOC2CCCCO2)c1. The predicted octanol–water partition coefficient (Wildman–Crippen LogP) is 2.42. The van der Waals surface area contributed by atoms with Crippen LogP contribution < -0.4 is 4.74 Å². The first-order valence-electron chi connectivity index (χ1n) is 6.30. The van der Waals surface area contributed by atoms with Crippen molar-refractivity contribution in [2.24, 2.45) is 0 Å². The van der Waals surface area contributed by atoms with Gasteiger partial charge in [0.05, 0.1) is 6.61 Å². The second-order valence-corrected chi connectivity index (χ2v) is 4.21. The molecule has 4 nitrogen and oxygen atoms in total. The number of rotatable bonds is 6. The standard InChI is InChI=1S/C14H18O4/c15-11-12-4-3-5-13(10-12)16-8-9-18-14-6-1-2-7-17-14/h3-5,10-11,14H,1-2,6-9H2. The number of ether oxygens (including phenoxy) is 3. The minimum absolute atomic E-state index is 0.0799. The first kappa shape index (κ1) is 13.1. The summed E-state index contributed by atoms with van der Waals surface area (Å²) in [4.78, 5) is 10.6. The van der Waals surface area contributed by atoms with Crippen LogP contribution in [0.5, 0.6) is 5.75 Å². The van der Waals surface area contributed by atoms with Crippen LogP contribution >= 0.6 is 0 Å². The van der Waals surface area contributed by atoms with E-state index in [4.69, 9.17) is 14.2 Å². The lowest BCUT2D eigenvalue weighted by Gasteiger charge is -2.22. The molecule has 0 bridgehead atoms. The molecule has 1 fully saturated rings. The summed E-state index contributed by atoms with van der Waals surface area (Å²) in [6.45, 7) is 1.74. The Morgan fingerprint density at radius 3 is 3.06 bits per heavy atom. The van der Waals surface area contributed by atoms with Gasteiger partial charge in [0.15, 0.2) is 6.29 Å². The van der Waals surface area contributed by atoms with Crippen LogP contribution in [0, 0.1) is 0 Å². The molecular weight excluding hydrogens is 232 g/mol. The van der Waals surface area contributed by atoms with Crippen LogP contribution in [-0.2, 0) is 9.47 Å². The number of hydrogen-bond donors (Lipinski definition) is 0. The topological polar surface area (TPSA) is 44.8 Å². The summed E-state index contributed by atoms with van der Waals surface area (Å²) in [6, 6.07) is 7.07. The monoisotopic (exact) mass is 250 g/mol. The van der Waals surface area contributed by atoms with Gasteiger partial charge in [0.2, 0.25) is 0 Å². The van der Waals surface area contributed by atoms with Crippen molar-refractivity contribution in [3.05, 3.63) is 29.8 Å². The molecule has 1 aliphatic heterocycles. The number of hydrogen-bond acceptors (Lipinski definition) is 4. The first-order valence-corrected chi connectivity index (χ1v) is 6.30. The Labute approximate surface area is 107 Å². The predicted molar refractivity (Wildman–Crippen MR) is 66.9 cm³/mol. The lowest BCUT2D eigenvalue weighted by atomic mass is 10.2. The molecule has 1 aliphatic rings. The molecule has 0 amide bonds. The highest BCUT2D eigenvalue weighted by molar-refractivity contribution is 5.75. The van der Waals surface area contributed by atoms with Gasteiger partial charge in [-0.3, -0.25) is 4.79 Å². The molecule has 1 saturated heterocycles. The molecule has 0 aromatic heterocycles. The molecule has 0 N–H and O–H groups in total. The Balaban J connectivity index is 1.66. The van der Waals surface area contributed by atoms with Crippen molar-refractivity contribution in [2.75, 3.05) is 19.8 Å². The maximum Gasteiger partial charge on any atom is 0.157 e. The van der Waals surface area contributed by atoms with Crippen molar-refractivity contribution in [2.45, 2.75) is 25.6 Å². The van der Waals surface area contributed by atoms with E-state index in [1.807, 2.05) is 6.07 Å². The normalized spacial score (nSPS) is 19.4. The molecule has 0 saturated carbocycles. The molecule has 2 rings (SSSR count). The fraction of sp³-hybridized carbons (Fsp3) is 0.500. The third-order valence-corrected chi connectivity index (χ3v) is 2.79. The summed E-state index contributed by atoms with van der Waals surface area (Å²) >= 11 is 0. The first-order chi connectivity index (χ1) is 8.88. The molecule has 0 spiro atoms. The lowest BCUT2D eigenvalue weighted by molar-refractivity contribution is -0.165. The van der Waals surface area contributed by atoms with E-state index in [-0.39, 0.29) is 6.29 Å². The van der Waals surface area contributed by atoms with Gasteiger partial charge in [-0.25, -0.2) is 0 Å². The van der Waals surface area contributed by atoms with Crippen molar-refractivity contribution in [3.63, 3.8) is 0 Å². The Bertz CT molecular complexity index is 372. The minimum atomic E-state index is -0.0799. The van der Waals surface area contributed by atoms with Crippen LogP contribution in [-0.4, -0.2) is 32.4 Å². The van der Waals surface area contributed by atoms with Gasteiger partial charge >= 0.3 is 0 Å². The smallest absolute Gasteiger partial charge is 0.157 e. The maximum atomic E-state index is 10.6. The lowest BCUT2D eigenvalue weighted by Crippen LogP contribution is -2.24. The zero-order chi connectivity index (χ0) is 12.6. The number of aldehydes is 1. The van der Waals surface area contributed by atoms with Crippen LogP contribution in [0.25, 0.3) is 0 Å². The molecular formula is C14H18O4. The van der Waals surface area contributed by atoms with Gasteiger partial charge in [0, 0.05) is 12.2 Å².